The number of carbonyl (C=O) groups is 2. The summed E-state index contributed by atoms with van der Waals surface area (Å²) in [6, 6.07) is 11.3. The summed E-state index contributed by atoms with van der Waals surface area (Å²) >= 11 is 0. The van der Waals surface area contributed by atoms with Gasteiger partial charge in [0.15, 0.2) is 0 Å². The molecule has 0 spiro atoms. The highest BCUT2D eigenvalue weighted by atomic mass is 32.2. The molecule has 3 rings (SSSR count). The second kappa shape index (κ2) is 8.39. The van der Waals surface area contributed by atoms with Crippen molar-refractivity contribution in [3.8, 4) is 0 Å². The van der Waals surface area contributed by atoms with Crippen molar-refractivity contribution >= 4 is 27.5 Å². The Morgan fingerprint density at radius 2 is 1.81 bits per heavy atom. The third kappa shape index (κ3) is 4.77. The Labute approximate surface area is 181 Å². The summed E-state index contributed by atoms with van der Waals surface area (Å²) in [5.74, 6) is -1.37. The average molecular weight is 448 g/mol. The summed E-state index contributed by atoms with van der Waals surface area (Å²) in [5.41, 5.74) is 1.48. The van der Waals surface area contributed by atoms with Gasteiger partial charge in [0.2, 0.25) is 21.8 Å². The molecule has 9 heteroatoms. The SMILES string of the molecule is Cc1ccc(C)c(N2C(=O)CN(S(C)(=O)=O)C[C@@]2(C)C(=O)NCc2ccc(F)cc2)c1. The van der Waals surface area contributed by atoms with E-state index in [1.165, 1.54) is 17.0 Å². The maximum atomic E-state index is 13.4. The zero-order chi connectivity index (χ0) is 23.0. The molecule has 0 radical (unpaired) electrons. The van der Waals surface area contributed by atoms with E-state index in [0.717, 1.165) is 21.7 Å². The van der Waals surface area contributed by atoms with Gasteiger partial charge in [-0.1, -0.05) is 24.3 Å². The first-order valence-electron chi connectivity index (χ1n) is 9.80. The molecule has 2 aromatic carbocycles. The fraction of sp³-hybridized carbons (Fsp3) is 0.364. The van der Waals surface area contributed by atoms with Crippen LogP contribution in [-0.4, -0.2) is 49.4 Å². The summed E-state index contributed by atoms with van der Waals surface area (Å²) in [6.07, 6.45) is 1.02. The summed E-state index contributed by atoms with van der Waals surface area (Å²) in [5, 5.41) is 2.78. The fourth-order valence-corrected chi connectivity index (χ4v) is 4.54. The summed E-state index contributed by atoms with van der Waals surface area (Å²) < 4.78 is 38.6. The van der Waals surface area contributed by atoms with Crippen molar-refractivity contribution in [1.82, 2.24) is 9.62 Å². The van der Waals surface area contributed by atoms with Gasteiger partial charge >= 0.3 is 0 Å². The number of aryl methyl sites for hydroxylation is 2. The van der Waals surface area contributed by atoms with Gasteiger partial charge in [-0.15, -0.1) is 0 Å². The lowest BCUT2D eigenvalue weighted by Gasteiger charge is -2.47. The molecular weight excluding hydrogens is 421 g/mol. The van der Waals surface area contributed by atoms with Crippen LogP contribution in [0.1, 0.15) is 23.6 Å². The van der Waals surface area contributed by atoms with Crippen LogP contribution in [0.5, 0.6) is 0 Å². The van der Waals surface area contributed by atoms with Gasteiger partial charge in [-0.05, 0) is 55.7 Å². The molecule has 31 heavy (non-hydrogen) atoms. The van der Waals surface area contributed by atoms with Gasteiger partial charge < -0.3 is 5.32 Å². The Morgan fingerprint density at radius 3 is 2.42 bits per heavy atom. The number of carbonyl (C=O) groups excluding carboxylic acids is 2. The Hall–Kier alpha value is -2.78. The number of nitrogens with zero attached hydrogens (tertiary/aromatic N) is 2. The van der Waals surface area contributed by atoms with Gasteiger partial charge in [0.25, 0.3) is 0 Å². The Bertz CT molecular complexity index is 1120. The van der Waals surface area contributed by atoms with E-state index >= 15 is 0 Å². The van der Waals surface area contributed by atoms with E-state index in [-0.39, 0.29) is 25.5 Å². The predicted molar refractivity (Wildman–Crippen MR) is 116 cm³/mol. The van der Waals surface area contributed by atoms with E-state index in [2.05, 4.69) is 5.32 Å². The van der Waals surface area contributed by atoms with E-state index < -0.39 is 27.4 Å². The summed E-state index contributed by atoms with van der Waals surface area (Å²) in [4.78, 5) is 27.9. The second-order valence-corrected chi connectivity index (χ2v) is 10.1. The van der Waals surface area contributed by atoms with E-state index in [1.54, 1.807) is 19.1 Å². The minimum atomic E-state index is -3.69. The largest absolute Gasteiger partial charge is 0.350 e. The molecule has 1 saturated heterocycles. The van der Waals surface area contributed by atoms with Crippen LogP contribution in [0.15, 0.2) is 42.5 Å². The molecule has 1 N–H and O–H groups in total. The number of benzene rings is 2. The van der Waals surface area contributed by atoms with Gasteiger partial charge in [-0.25, -0.2) is 12.8 Å². The quantitative estimate of drug-likeness (QED) is 0.761. The number of rotatable bonds is 5. The molecule has 2 aromatic rings. The molecule has 166 valence electrons. The number of halogens is 1. The minimum Gasteiger partial charge on any atom is -0.350 e. The third-order valence-corrected chi connectivity index (χ3v) is 6.67. The van der Waals surface area contributed by atoms with E-state index in [4.69, 9.17) is 0 Å². The fourth-order valence-electron chi connectivity index (χ4n) is 3.71. The molecule has 0 bridgehead atoms. The highest BCUT2D eigenvalue weighted by Crippen LogP contribution is 2.33. The van der Waals surface area contributed by atoms with Crippen LogP contribution < -0.4 is 10.2 Å². The number of sulfonamides is 1. The number of nitrogens with one attached hydrogen (secondary N) is 1. The summed E-state index contributed by atoms with van der Waals surface area (Å²) in [7, 11) is -3.69. The molecular formula is C22H26FN3O4S. The maximum absolute atomic E-state index is 13.4. The Morgan fingerprint density at radius 1 is 1.16 bits per heavy atom. The maximum Gasteiger partial charge on any atom is 0.247 e. The smallest absolute Gasteiger partial charge is 0.247 e. The monoisotopic (exact) mass is 447 g/mol. The summed E-state index contributed by atoms with van der Waals surface area (Å²) in [6.45, 7) is 4.87. The first kappa shape index (κ1) is 22.9. The molecule has 0 unspecified atom stereocenters. The van der Waals surface area contributed by atoms with Crippen LogP contribution in [0.4, 0.5) is 10.1 Å². The minimum absolute atomic E-state index is 0.114. The highest BCUT2D eigenvalue weighted by Gasteiger charge is 2.50. The number of hydrogen-bond donors (Lipinski definition) is 1. The number of anilines is 1. The standard InChI is InChI=1S/C22H26FN3O4S/c1-15-5-6-16(2)19(11-15)26-20(27)13-25(31(4,29)30)14-22(26,3)21(28)24-12-17-7-9-18(23)10-8-17/h5-11H,12-14H2,1-4H3,(H,24,28)/t22-/m0/s1. The highest BCUT2D eigenvalue weighted by molar-refractivity contribution is 7.88. The zero-order valence-electron chi connectivity index (χ0n) is 18.0. The van der Waals surface area contributed by atoms with Crippen LogP contribution in [0.3, 0.4) is 0 Å². The van der Waals surface area contributed by atoms with E-state index in [0.29, 0.717) is 11.3 Å². The molecule has 0 aliphatic carbocycles. The predicted octanol–water partition coefficient (Wildman–Crippen LogP) is 2.13. The lowest BCUT2D eigenvalue weighted by molar-refractivity contribution is -0.133. The number of amides is 2. The van der Waals surface area contributed by atoms with Crippen LogP contribution in [-0.2, 0) is 26.2 Å². The molecule has 7 nitrogen and oxygen atoms in total. The van der Waals surface area contributed by atoms with Crippen molar-refractivity contribution in [2.45, 2.75) is 32.9 Å². The van der Waals surface area contributed by atoms with Crippen LogP contribution in [0.2, 0.25) is 0 Å². The van der Waals surface area contributed by atoms with Crippen molar-refractivity contribution in [3.05, 3.63) is 65.0 Å². The van der Waals surface area contributed by atoms with E-state index in [1.807, 2.05) is 32.0 Å². The van der Waals surface area contributed by atoms with Gasteiger partial charge in [0.1, 0.15) is 11.4 Å². The lowest BCUT2D eigenvalue weighted by atomic mass is 9.93. The first-order valence-corrected chi connectivity index (χ1v) is 11.6. The van der Waals surface area contributed by atoms with Crippen molar-refractivity contribution in [1.29, 1.82) is 0 Å². The third-order valence-electron chi connectivity index (χ3n) is 5.47. The Kier molecular flexibility index (Phi) is 6.20. The molecule has 1 aliphatic heterocycles. The van der Waals surface area contributed by atoms with Crippen LogP contribution in [0.25, 0.3) is 0 Å². The van der Waals surface area contributed by atoms with Gasteiger partial charge in [0, 0.05) is 18.8 Å². The van der Waals surface area contributed by atoms with Crippen molar-refractivity contribution < 1.29 is 22.4 Å². The van der Waals surface area contributed by atoms with Crippen molar-refractivity contribution in [2.24, 2.45) is 0 Å². The lowest BCUT2D eigenvalue weighted by Crippen LogP contribution is -2.70. The van der Waals surface area contributed by atoms with Gasteiger partial charge in [-0.2, -0.15) is 4.31 Å². The van der Waals surface area contributed by atoms with Gasteiger partial charge in [0.05, 0.1) is 12.8 Å². The molecule has 1 atom stereocenters. The molecule has 1 aliphatic rings. The zero-order valence-corrected chi connectivity index (χ0v) is 18.8. The van der Waals surface area contributed by atoms with Crippen molar-refractivity contribution in [3.63, 3.8) is 0 Å². The normalized spacial score (nSPS) is 20.0. The van der Waals surface area contributed by atoms with Crippen LogP contribution in [0, 0.1) is 19.7 Å². The second-order valence-electron chi connectivity index (χ2n) is 8.13. The molecule has 0 saturated carbocycles. The van der Waals surface area contributed by atoms with E-state index in [9.17, 15) is 22.4 Å². The molecule has 1 heterocycles. The Balaban J connectivity index is 1.99. The van der Waals surface area contributed by atoms with Gasteiger partial charge in [-0.3, -0.25) is 14.5 Å². The molecule has 0 aromatic heterocycles. The first-order chi connectivity index (χ1) is 14.4. The molecule has 2 amide bonds. The van der Waals surface area contributed by atoms with Crippen LogP contribution >= 0.6 is 0 Å². The topological polar surface area (TPSA) is 86.8 Å². The number of hydrogen-bond acceptors (Lipinski definition) is 4. The van der Waals surface area contributed by atoms with Crippen molar-refractivity contribution in [2.75, 3.05) is 24.2 Å². The number of piperazine rings is 1. The average Bonchev–Trinajstić information content (AvgIpc) is 2.68. The molecule has 1 fully saturated rings.